The maximum atomic E-state index is 12.3. The molecule has 0 saturated carbocycles. The molecule has 5 nitrogen and oxygen atoms in total. The number of ether oxygens (including phenoxy) is 1. The molecule has 2 aromatic carbocycles. The van der Waals surface area contributed by atoms with Crippen molar-refractivity contribution in [1.29, 1.82) is 0 Å². The molecule has 0 radical (unpaired) electrons. The number of fused-ring (bicyclic) bond motifs is 1. The lowest BCUT2D eigenvalue weighted by molar-refractivity contribution is -0.153. The van der Waals surface area contributed by atoms with E-state index in [0.717, 1.165) is 0 Å². The number of para-hydroxylation sites is 4. The van der Waals surface area contributed by atoms with Crippen molar-refractivity contribution in [1.82, 2.24) is 4.98 Å². The monoisotopic (exact) mass is 362 g/mol. The molecule has 1 aromatic heterocycles. The SMILES string of the molecule is O=C(/C=C/c1nc2ccccc2o1)Nc1ccccc1OCC(F)(F)F. The van der Waals surface area contributed by atoms with Crippen molar-refractivity contribution >= 4 is 28.8 Å². The topological polar surface area (TPSA) is 64.4 Å². The Morgan fingerprint density at radius 3 is 2.65 bits per heavy atom. The van der Waals surface area contributed by atoms with Crippen molar-refractivity contribution in [3.05, 3.63) is 60.5 Å². The van der Waals surface area contributed by atoms with Crippen LogP contribution in [-0.2, 0) is 4.79 Å². The van der Waals surface area contributed by atoms with E-state index >= 15 is 0 Å². The molecule has 134 valence electrons. The summed E-state index contributed by atoms with van der Waals surface area (Å²) in [5.41, 5.74) is 1.36. The Labute approximate surface area is 146 Å². The number of carbonyl (C=O) groups excluding carboxylic acids is 1. The van der Waals surface area contributed by atoms with E-state index in [1.54, 1.807) is 24.3 Å². The van der Waals surface area contributed by atoms with E-state index in [9.17, 15) is 18.0 Å². The van der Waals surface area contributed by atoms with E-state index in [0.29, 0.717) is 11.1 Å². The number of nitrogens with zero attached hydrogens (tertiary/aromatic N) is 1. The van der Waals surface area contributed by atoms with E-state index in [4.69, 9.17) is 9.15 Å². The third kappa shape index (κ3) is 4.62. The summed E-state index contributed by atoms with van der Waals surface area (Å²) in [6.45, 7) is -1.45. The molecule has 26 heavy (non-hydrogen) atoms. The van der Waals surface area contributed by atoms with Crippen LogP contribution in [0.4, 0.5) is 18.9 Å². The van der Waals surface area contributed by atoms with Gasteiger partial charge in [-0.2, -0.15) is 13.2 Å². The first-order valence-corrected chi connectivity index (χ1v) is 7.54. The molecule has 1 heterocycles. The summed E-state index contributed by atoms with van der Waals surface area (Å²) in [4.78, 5) is 16.2. The van der Waals surface area contributed by atoms with Crippen LogP contribution >= 0.6 is 0 Å². The number of oxazole rings is 1. The van der Waals surface area contributed by atoms with Gasteiger partial charge in [-0.3, -0.25) is 4.79 Å². The van der Waals surface area contributed by atoms with Crippen molar-refractivity contribution in [3.8, 4) is 5.75 Å². The molecule has 0 aliphatic rings. The highest BCUT2D eigenvalue weighted by atomic mass is 19.4. The third-order valence-electron chi connectivity index (χ3n) is 3.22. The molecular formula is C18H13F3N2O3. The number of hydrogen-bond donors (Lipinski definition) is 1. The summed E-state index contributed by atoms with van der Waals surface area (Å²) in [6.07, 6.45) is -1.93. The summed E-state index contributed by atoms with van der Waals surface area (Å²) in [5.74, 6) is -0.397. The molecule has 8 heteroatoms. The second-order valence-corrected chi connectivity index (χ2v) is 5.24. The zero-order valence-corrected chi connectivity index (χ0v) is 13.3. The van der Waals surface area contributed by atoms with E-state index in [1.807, 2.05) is 6.07 Å². The van der Waals surface area contributed by atoms with Gasteiger partial charge in [-0.15, -0.1) is 0 Å². The van der Waals surface area contributed by atoms with Crippen LogP contribution < -0.4 is 10.1 Å². The maximum absolute atomic E-state index is 12.3. The Hall–Kier alpha value is -3.29. The summed E-state index contributed by atoms with van der Waals surface area (Å²) in [6, 6.07) is 13.0. The van der Waals surface area contributed by atoms with Gasteiger partial charge in [-0.1, -0.05) is 24.3 Å². The van der Waals surface area contributed by atoms with Gasteiger partial charge in [0.15, 0.2) is 12.2 Å². The minimum absolute atomic E-state index is 0.0755. The molecule has 0 saturated heterocycles. The number of alkyl halides is 3. The molecule has 0 fully saturated rings. The molecule has 3 rings (SSSR count). The van der Waals surface area contributed by atoms with E-state index < -0.39 is 18.7 Å². The Morgan fingerprint density at radius 1 is 1.15 bits per heavy atom. The number of rotatable bonds is 5. The van der Waals surface area contributed by atoms with Crippen LogP contribution in [0.25, 0.3) is 17.2 Å². The van der Waals surface area contributed by atoms with Gasteiger partial charge in [0.1, 0.15) is 11.3 Å². The fraction of sp³-hybridized carbons (Fsp3) is 0.111. The summed E-state index contributed by atoms with van der Waals surface area (Å²) >= 11 is 0. The van der Waals surface area contributed by atoms with Crippen LogP contribution in [-0.4, -0.2) is 23.7 Å². The fourth-order valence-electron chi connectivity index (χ4n) is 2.14. The number of aromatic nitrogens is 1. The molecular weight excluding hydrogens is 349 g/mol. The van der Waals surface area contributed by atoms with Gasteiger partial charge < -0.3 is 14.5 Å². The van der Waals surface area contributed by atoms with Gasteiger partial charge >= 0.3 is 6.18 Å². The summed E-state index contributed by atoms with van der Waals surface area (Å²) in [7, 11) is 0. The van der Waals surface area contributed by atoms with Crippen LogP contribution in [0.1, 0.15) is 5.89 Å². The van der Waals surface area contributed by atoms with E-state index in [-0.39, 0.29) is 17.3 Å². The molecule has 1 amide bonds. The molecule has 0 aliphatic carbocycles. The standard InChI is InChI=1S/C18H13F3N2O3/c19-18(20,21)11-25-14-7-3-1-5-12(14)22-16(24)9-10-17-23-13-6-2-4-8-15(13)26-17/h1-10H,11H2,(H,22,24)/b10-9+. The zero-order chi connectivity index (χ0) is 18.6. The second kappa shape index (κ2) is 7.30. The second-order valence-electron chi connectivity index (χ2n) is 5.24. The predicted molar refractivity (Wildman–Crippen MR) is 89.7 cm³/mol. The molecule has 0 aliphatic heterocycles. The van der Waals surface area contributed by atoms with Crippen LogP contribution in [0, 0.1) is 0 Å². The number of amides is 1. The Morgan fingerprint density at radius 2 is 1.88 bits per heavy atom. The molecule has 0 atom stereocenters. The number of nitrogens with one attached hydrogen (secondary N) is 1. The van der Waals surface area contributed by atoms with E-state index in [2.05, 4.69) is 10.3 Å². The van der Waals surface area contributed by atoms with Crippen LogP contribution in [0.15, 0.2) is 59.0 Å². The molecule has 0 unspecified atom stereocenters. The van der Waals surface area contributed by atoms with Gasteiger partial charge in [0, 0.05) is 12.2 Å². The highest BCUT2D eigenvalue weighted by Gasteiger charge is 2.28. The predicted octanol–water partition coefficient (Wildman–Crippen LogP) is 4.42. The first-order chi connectivity index (χ1) is 12.4. The zero-order valence-electron chi connectivity index (χ0n) is 13.3. The van der Waals surface area contributed by atoms with Crippen molar-refractivity contribution in [2.75, 3.05) is 11.9 Å². The minimum atomic E-state index is -4.47. The van der Waals surface area contributed by atoms with Crippen molar-refractivity contribution in [2.45, 2.75) is 6.18 Å². The number of benzene rings is 2. The van der Waals surface area contributed by atoms with Crippen LogP contribution in [0.3, 0.4) is 0 Å². The Bertz CT molecular complexity index is 915. The first-order valence-electron chi connectivity index (χ1n) is 7.54. The maximum Gasteiger partial charge on any atom is 0.422 e. The molecule has 0 spiro atoms. The smallest absolute Gasteiger partial charge is 0.422 e. The van der Waals surface area contributed by atoms with E-state index in [1.165, 1.54) is 30.4 Å². The highest BCUT2D eigenvalue weighted by molar-refractivity contribution is 6.02. The average Bonchev–Trinajstić information content (AvgIpc) is 3.01. The minimum Gasteiger partial charge on any atom is -0.482 e. The van der Waals surface area contributed by atoms with Gasteiger partial charge in [-0.05, 0) is 24.3 Å². The van der Waals surface area contributed by atoms with Gasteiger partial charge in [0.25, 0.3) is 0 Å². The third-order valence-corrected chi connectivity index (χ3v) is 3.22. The Balaban J connectivity index is 1.68. The lowest BCUT2D eigenvalue weighted by Gasteiger charge is -2.13. The van der Waals surface area contributed by atoms with Crippen molar-refractivity contribution < 1.29 is 27.1 Å². The highest BCUT2D eigenvalue weighted by Crippen LogP contribution is 2.26. The molecule has 1 N–H and O–H groups in total. The number of halogens is 3. The first kappa shape index (κ1) is 17.5. The Kier molecular flexibility index (Phi) is 4.92. The van der Waals surface area contributed by atoms with Crippen LogP contribution in [0.5, 0.6) is 5.75 Å². The van der Waals surface area contributed by atoms with Gasteiger partial charge in [0.05, 0.1) is 5.69 Å². The van der Waals surface area contributed by atoms with Gasteiger partial charge in [0.2, 0.25) is 11.8 Å². The number of carbonyl (C=O) groups is 1. The lowest BCUT2D eigenvalue weighted by atomic mass is 10.3. The normalized spacial score (nSPS) is 11.8. The number of hydrogen-bond acceptors (Lipinski definition) is 4. The average molecular weight is 362 g/mol. The number of anilines is 1. The summed E-state index contributed by atoms with van der Waals surface area (Å²) < 4.78 is 47.0. The quantitative estimate of drug-likeness (QED) is 0.683. The van der Waals surface area contributed by atoms with Gasteiger partial charge in [-0.25, -0.2) is 4.98 Å². The van der Waals surface area contributed by atoms with Crippen molar-refractivity contribution in [3.63, 3.8) is 0 Å². The largest absolute Gasteiger partial charge is 0.482 e. The van der Waals surface area contributed by atoms with Crippen molar-refractivity contribution in [2.24, 2.45) is 0 Å². The van der Waals surface area contributed by atoms with Crippen LogP contribution in [0.2, 0.25) is 0 Å². The summed E-state index contributed by atoms with van der Waals surface area (Å²) in [5, 5.41) is 2.46. The molecule has 0 bridgehead atoms. The fourth-order valence-corrected chi connectivity index (χ4v) is 2.14. The lowest BCUT2D eigenvalue weighted by Crippen LogP contribution is -2.20. The molecule has 3 aromatic rings.